The van der Waals surface area contributed by atoms with Crippen LogP contribution in [0.15, 0.2) is 47.3 Å². The Morgan fingerprint density at radius 3 is 2.50 bits per heavy atom. The second kappa shape index (κ2) is 7.88. The maximum atomic E-state index is 12.5. The van der Waals surface area contributed by atoms with Gasteiger partial charge in [-0.15, -0.1) is 0 Å². The zero-order valence-electron chi connectivity index (χ0n) is 14.3. The van der Waals surface area contributed by atoms with Crippen LogP contribution in [-0.4, -0.2) is 40.2 Å². The van der Waals surface area contributed by atoms with Gasteiger partial charge in [-0.3, -0.25) is 9.59 Å². The van der Waals surface area contributed by atoms with Crippen LogP contribution >= 0.6 is 0 Å². The SMILES string of the molecule is CC(C)C(N)CCN(C)C(=O)c1ccc(=O)n(-c2ccccc2)n1. The van der Waals surface area contributed by atoms with Gasteiger partial charge in [0, 0.05) is 25.7 Å². The molecule has 0 aliphatic carbocycles. The Morgan fingerprint density at radius 2 is 1.88 bits per heavy atom. The third kappa shape index (κ3) is 4.29. The van der Waals surface area contributed by atoms with E-state index >= 15 is 0 Å². The minimum atomic E-state index is -0.276. The summed E-state index contributed by atoms with van der Waals surface area (Å²) >= 11 is 0. The molecule has 0 saturated carbocycles. The van der Waals surface area contributed by atoms with Crippen LogP contribution in [0.4, 0.5) is 0 Å². The lowest BCUT2D eigenvalue weighted by Crippen LogP contribution is -2.35. The molecule has 6 nitrogen and oxygen atoms in total. The molecule has 0 fully saturated rings. The average Bonchev–Trinajstić information content (AvgIpc) is 2.59. The molecule has 1 heterocycles. The van der Waals surface area contributed by atoms with E-state index in [0.717, 1.165) is 6.42 Å². The van der Waals surface area contributed by atoms with Gasteiger partial charge in [-0.25, -0.2) is 0 Å². The maximum Gasteiger partial charge on any atom is 0.274 e. The molecule has 0 saturated heterocycles. The van der Waals surface area contributed by atoms with Gasteiger partial charge >= 0.3 is 0 Å². The molecule has 0 aliphatic heterocycles. The fourth-order valence-corrected chi connectivity index (χ4v) is 2.25. The molecule has 2 N–H and O–H groups in total. The van der Waals surface area contributed by atoms with Crippen LogP contribution in [-0.2, 0) is 0 Å². The van der Waals surface area contributed by atoms with Gasteiger partial charge in [-0.05, 0) is 30.5 Å². The first-order valence-corrected chi connectivity index (χ1v) is 8.07. The Bertz CT molecular complexity index is 740. The molecule has 6 heteroatoms. The first-order chi connectivity index (χ1) is 11.4. The largest absolute Gasteiger partial charge is 0.340 e. The molecule has 2 rings (SSSR count). The van der Waals surface area contributed by atoms with Gasteiger partial charge in [0.2, 0.25) is 0 Å². The minimum absolute atomic E-state index is 0.0477. The van der Waals surface area contributed by atoms with Crippen molar-refractivity contribution in [3.8, 4) is 5.69 Å². The number of nitrogens with two attached hydrogens (primary N) is 1. The molecule has 2 aromatic rings. The molecular weight excluding hydrogens is 304 g/mol. The molecule has 0 spiro atoms. The highest BCUT2D eigenvalue weighted by atomic mass is 16.2. The number of amides is 1. The van der Waals surface area contributed by atoms with Crippen molar-refractivity contribution in [1.29, 1.82) is 0 Å². The molecule has 0 aliphatic rings. The second-order valence-electron chi connectivity index (χ2n) is 6.23. The summed E-state index contributed by atoms with van der Waals surface area (Å²) in [7, 11) is 1.72. The van der Waals surface area contributed by atoms with Crippen molar-refractivity contribution in [2.75, 3.05) is 13.6 Å². The van der Waals surface area contributed by atoms with Crippen molar-refractivity contribution >= 4 is 5.91 Å². The van der Waals surface area contributed by atoms with E-state index in [-0.39, 0.29) is 23.2 Å². The van der Waals surface area contributed by atoms with E-state index < -0.39 is 0 Å². The third-order valence-corrected chi connectivity index (χ3v) is 4.02. The Labute approximate surface area is 141 Å². The van der Waals surface area contributed by atoms with Crippen LogP contribution in [0.2, 0.25) is 0 Å². The fraction of sp³-hybridized carbons (Fsp3) is 0.389. The van der Waals surface area contributed by atoms with E-state index in [1.165, 1.54) is 16.8 Å². The highest BCUT2D eigenvalue weighted by Crippen LogP contribution is 2.07. The van der Waals surface area contributed by atoms with Crippen molar-refractivity contribution in [2.24, 2.45) is 11.7 Å². The predicted octanol–water partition coefficient (Wildman–Crippen LogP) is 1.68. The smallest absolute Gasteiger partial charge is 0.274 e. The number of para-hydroxylation sites is 1. The standard InChI is InChI=1S/C18H24N4O2/c1-13(2)15(19)11-12-21(3)18(24)16-9-10-17(23)22(20-16)14-7-5-4-6-8-14/h4-10,13,15H,11-12,19H2,1-3H3. The van der Waals surface area contributed by atoms with E-state index in [9.17, 15) is 9.59 Å². The number of nitrogens with zero attached hydrogens (tertiary/aromatic N) is 3. The zero-order chi connectivity index (χ0) is 17.7. The number of hydrogen-bond donors (Lipinski definition) is 1. The van der Waals surface area contributed by atoms with Crippen molar-refractivity contribution in [3.05, 3.63) is 58.5 Å². The number of aromatic nitrogens is 2. The van der Waals surface area contributed by atoms with Gasteiger partial charge in [0.25, 0.3) is 11.5 Å². The third-order valence-electron chi connectivity index (χ3n) is 4.02. The van der Waals surface area contributed by atoms with Crippen molar-refractivity contribution in [2.45, 2.75) is 26.3 Å². The maximum absolute atomic E-state index is 12.5. The number of carbonyl (C=O) groups is 1. The van der Waals surface area contributed by atoms with E-state index in [0.29, 0.717) is 18.2 Å². The Kier molecular flexibility index (Phi) is 5.87. The van der Waals surface area contributed by atoms with Gasteiger partial charge in [-0.2, -0.15) is 9.78 Å². The quantitative estimate of drug-likeness (QED) is 0.875. The molecule has 1 atom stereocenters. The van der Waals surface area contributed by atoms with E-state index in [1.807, 2.05) is 18.2 Å². The van der Waals surface area contributed by atoms with Gasteiger partial charge in [-0.1, -0.05) is 32.0 Å². The van der Waals surface area contributed by atoms with Crippen LogP contribution in [0.5, 0.6) is 0 Å². The van der Waals surface area contributed by atoms with E-state index in [1.54, 1.807) is 24.1 Å². The molecule has 0 radical (unpaired) electrons. The normalized spacial score (nSPS) is 12.2. The second-order valence-corrected chi connectivity index (χ2v) is 6.23. The van der Waals surface area contributed by atoms with E-state index in [4.69, 9.17) is 5.73 Å². The van der Waals surface area contributed by atoms with Crippen LogP contribution in [0.3, 0.4) is 0 Å². The summed E-state index contributed by atoms with van der Waals surface area (Å²) in [5.74, 6) is 0.141. The summed E-state index contributed by atoms with van der Waals surface area (Å²) in [6, 6.07) is 11.9. The first-order valence-electron chi connectivity index (χ1n) is 8.07. The zero-order valence-corrected chi connectivity index (χ0v) is 14.3. The first kappa shape index (κ1) is 17.9. The average molecular weight is 328 g/mol. The van der Waals surface area contributed by atoms with Crippen LogP contribution in [0.25, 0.3) is 5.69 Å². The van der Waals surface area contributed by atoms with Gasteiger partial charge in [0.1, 0.15) is 5.69 Å². The molecule has 1 aromatic heterocycles. The van der Waals surface area contributed by atoms with E-state index in [2.05, 4.69) is 18.9 Å². The van der Waals surface area contributed by atoms with Crippen LogP contribution < -0.4 is 11.3 Å². The molecule has 128 valence electrons. The highest BCUT2D eigenvalue weighted by Gasteiger charge is 2.17. The summed E-state index contributed by atoms with van der Waals surface area (Å²) in [5.41, 5.74) is 6.61. The van der Waals surface area contributed by atoms with Crippen molar-refractivity contribution < 1.29 is 4.79 Å². The number of carbonyl (C=O) groups excluding carboxylic acids is 1. The molecule has 1 aromatic carbocycles. The summed E-state index contributed by atoms with van der Waals surface area (Å²) in [6.07, 6.45) is 0.720. The molecule has 1 amide bonds. The molecule has 1 unspecified atom stereocenters. The van der Waals surface area contributed by atoms with Crippen LogP contribution in [0.1, 0.15) is 30.8 Å². The van der Waals surface area contributed by atoms with Gasteiger partial charge in [0.15, 0.2) is 0 Å². The summed E-state index contributed by atoms with van der Waals surface area (Å²) < 4.78 is 1.24. The Balaban J connectivity index is 2.17. The van der Waals surface area contributed by atoms with Crippen molar-refractivity contribution in [3.63, 3.8) is 0 Å². The monoisotopic (exact) mass is 328 g/mol. The highest BCUT2D eigenvalue weighted by molar-refractivity contribution is 5.91. The van der Waals surface area contributed by atoms with Gasteiger partial charge in [0.05, 0.1) is 5.69 Å². The molecular formula is C18H24N4O2. The lowest BCUT2D eigenvalue weighted by atomic mass is 10.0. The number of hydrogen-bond acceptors (Lipinski definition) is 4. The molecule has 24 heavy (non-hydrogen) atoms. The Morgan fingerprint density at radius 1 is 1.21 bits per heavy atom. The molecule has 0 bridgehead atoms. The minimum Gasteiger partial charge on any atom is -0.340 e. The van der Waals surface area contributed by atoms with Crippen molar-refractivity contribution in [1.82, 2.24) is 14.7 Å². The summed E-state index contributed by atoms with van der Waals surface area (Å²) in [6.45, 7) is 4.66. The number of benzene rings is 1. The van der Waals surface area contributed by atoms with Crippen LogP contribution in [0, 0.1) is 5.92 Å². The lowest BCUT2D eigenvalue weighted by Gasteiger charge is -2.21. The predicted molar refractivity (Wildman–Crippen MR) is 94.2 cm³/mol. The fourth-order valence-electron chi connectivity index (χ4n) is 2.25. The topological polar surface area (TPSA) is 81.2 Å². The number of rotatable bonds is 6. The summed E-state index contributed by atoms with van der Waals surface area (Å²) in [5, 5.41) is 4.21. The lowest BCUT2D eigenvalue weighted by molar-refractivity contribution is 0.0781. The van der Waals surface area contributed by atoms with Gasteiger partial charge < -0.3 is 10.6 Å². The summed E-state index contributed by atoms with van der Waals surface area (Å²) in [4.78, 5) is 26.1. The Hall–Kier alpha value is -2.47.